The maximum atomic E-state index is 15.3. The number of anilines is 2. The molecular formula is C28H26F2N8O3. The first kappa shape index (κ1) is 27.4. The second-order valence-electron chi connectivity index (χ2n) is 8.73. The molecule has 0 atom stereocenters. The van der Waals surface area contributed by atoms with Crippen LogP contribution in [0.4, 0.5) is 20.3 Å². The predicted octanol–water partition coefficient (Wildman–Crippen LogP) is 4.26. The van der Waals surface area contributed by atoms with Crippen LogP contribution in [0.15, 0.2) is 61.2 Å². The number of amides is 1. The SMILES string of the molecule is CCc1cc(Nc2nccn3c(-c4ccc(Oc5nccc(OC)n5)c(F)c4F)cnc23)ccc1C(=O)NCCN. The van der Waals surface area contributed by atoms with Gasteiger partial charge in [-0.25, -0.2) is 19.3 Å². The van der Waals surface area contributed by atoms with Gasteiger partial charge in [0.15, 0.2) is 23.0 Å². The van der Waals surface area contributed by atoms with E-state index in [4.69, 9.17) is 15.2 Å². The number of aryl methyl sites for hydroxylation is 1. The van der Waals surface area contributed by atoms with Crippen LogP contribution in [0.5, 0.6) is 17.6 Å². The molecule has 11 nitrogen and oxygen atoms in total. The number of halogens is 2. The smallest absolute Gasteiger partial charge is 0.325 e. The quantitative estimate of drug-likeness (QED) is 0.228. The Kier molecular flexibility index (Phi) is 7.97. The minimum atomic E-state index is -1.21. The molecule has 2 aromatic carbocycles. The maximum absolute atomic E-state index is 15.3. The molecule has 210 valence electrons. The molecule has 5 rings (SSSR count). The van der Waals surface area contributed by atoms with Crippen LogP contribution in [0.1, 0.15) is 22.8 Å². The van der Waals surface area contributed by atoms with Gasteiger partial charge in [0.25, 0.3) is 5.91 Å². The van der Waals surface area contributed by atoms with Gasteiger partial charge in [0.2, 0.25) is 11.7 Å². The van der Waals surface area contributed by atoms with E-state index in [1.165, 1.54) is 43.9 Å². The molecule has 0 bridgehead atoms. The number of benzene rings is 2. The van der Waals surface area contributed by atoms with Gasteiger partial charge in [0.05, 0.1) is 19.0 Å². The number of carbonyl (C=O) groups is 1. The number of fused-ring (bicyclic) bond motifs is 1. The summed E-state index contributed by atoms with van der Waals surface area (Å²) in [5.74, 6) is -2.32. The molecule has 0 spiro atoms. The Morgan fingerprint density at radius 2 is 1.93 bits per heavy atom. The van der Waals surface area contributed by atoms with Crippen molar-refractivity contribution in [2.75, 3.05) is 25.5 Å². The Balaban J connectivity index is 1.43. The first-order valence-corrected chi connectivity index (χ1v) is 12.7. The van der Waals surface area contributed by atoms with Crippen LogP contribution in [0.25, 0.3) is 16.9 Å². The summed E-state index contributed by atoms with van der Waals surface area (Å²) < 4.78 is 42.3. The van der Waals surface area contributed by atoms with Crippen molar-refractivity contribution in [1.29, 1.82) is 0 Å². The molecular weight excluding hydrogens is 534 g/mol. The number of methoxy groups -OCH3 is 1. The number of carbonyl (C=O) groups excluding carboxylic acids is 1. The summed E-state index contributed by atoms with van der Waals surface area (Å²) in [5, 5.41) is 5.99. The molecule has 1 amide bonds. The molecule has 0 radical (unpaired) electrons. The zero-order chi connectivity index (χ0) is 28.9. The summed E-state index contributed by atoms with van der Waals surface area (Å²) in [7, 11) is 1.41. The van der Waals surface area contributed by atoms with E-state index in [0.29, 0.717) is 47.9 Å². The van der Waals surface area contributed by atoms with Gasteiger partial charge in [0, 0.05) is 54.6 Å². The van der Waals surface area contributed by atoms with Gasteiger partial charge in [-0.3, -0.25) is 9.20 Å². The molecule has 41 heavy (non-hydrogen) atoms. The van der Waals surface area contributed by atoms with Crippen molar-refractivity contribution in [2.45, 2.75) is 13.3 Å². The maximum Gasteiger partial charge on any atom is 0.325 e. The van der Waals surface area contributed by atoms with Gasteiger partial charge in [-0.1, -0.05) is 6.92 Å². The van der Waals surface area contributed by atoms with E-state index in [-0.39, 0.29) is 29.1 Å². The van der Waals surface area contributed by atoms with Crippen molar-refractivity contribution in [1.82, 2.24) is 29.7 Å². The molecule has 5 aromatic rings. The average Bonchev–Trinajstić information content (AvgIpc) is 3.43. The van der Waals surface area contributed by atoms with Crippen LogP contribution < -0.4 is 25.8 Å². The van der Waals surface area contributed by atoms with E-state index in [1.54, 1.807) is 22.7 Å². The van der Waals surface area contributed by atoms with E-state index < -0.39 is 11.6 Å². The summed E-state index contributed by atoms with van der Waals surface area (Å²) in [4.78, 5) is 29.1. The Labute approximate surface area is 233 Å². The summed E-state index contributed by atoms with van der Waals surface area (Å²) in [6.07, 6.45) is 6.53. The molecule has 0 saturated heterocycles. The lowest BCUT2D eigenvalue weighted by Gasteiger charge is -2.13. The monoisotopic (exact) mass is 560 g/mol. The summed E-state index contributed by atoms with van der Waals surface area (Å²) in [6.45, 7) is 2.68. The van der Waals surface area contributed by atoms with Crippen LogP contribution in [-0.2, 0) is 6.42 Å². The van der Waals surface area contributed by atoms with E-state index >= 15 is 8.78 Å². The molecule has 13 heteroatoms. The fourth-order valence-electron chi connectivity index (χ4n) is 4.20. The minimum Gasteiger partial charge on any atom is -0.481 e. The molecule has 0 aliphatic carbocycles. The second-order valence-corrected chi connectivity index (χ2v) is 8.73. The number of nitrogens with zero attached hydrogens (tertiary/aromatic N) is 5. The van der Waals surface area contributed by atoms with Gasteiger partial charge >= 0.3 is 6.01 Å². The highest BCUT2D eigenvalue weighted by molar-refractivity contribution is 5.96. The van der Waals surface area contributed by atoms with E-state index in [9.17, 15) is 4.79 Å². The van der Waals surface area contributed by atoms with Crippen LogP contribution in [0, 0.1) is 11.6 Å². The zero-order valence-electron chi connectivity index (χ0n) is 22.2. The Morgan fingerprint density at radius 3 is 2.71 bits per heavy atom. The van der Waals surface area contributed by atoms with Crippen LogP contribution >= 0.6 is 0 Å². The van der Waals surface area contributed by atoms with Crippen molar-refractivity contribution >= 4 is 23.1 Å². The molecule has 0 aliphatic heterocycles. The number of hydrogen-bond acceptors (Lipinski definition) is 9. The van der Waals surface area contributed by atoms with Crippen LogP contribution in [0.3, 0.4) is 0 Å². The second kappa shape index (κ2) is 11.9. The van der Waals surface area contributed by atoms with Crippen molar-refractivity contribution in [3.63, 3.8) is 0 Å². The largest absolute Gasteiger partial charge is 0.481 e. The molecule has 0 saturated carbocycles. The van der Waals surface area contributed by atoms with E-state index in [0.717, 1.165) is 5.56 Å². The van der Waals surface area contributed by atoms with E-state index in [2.05, 4.69) is 30.6 Å². The van der Waals surface area contributed by atoms with Gasteiger partial charge in [0.1, 0.15) is 0 Å². The molecule has 0 fully saturated rings. The Bertz CT molecular complexity index is 1730. The van der Waals surface area contributed by atoms with Crippen molar-refractivity contribution < 1.29 is 23.0 Å². The summed E-state index contributed by atoms with van der Waals surface area (Å²) >= 11 is 0. The number of nitrogens with one attached hydrogen (secondary N) is 2. The van der Waals surface area contributed by atoms with Crippen molar-refractivity contribution in [3.8, 4) is 28.9 Å². The lowest BCUT2D eigenvalue weighted by Crippen LogP contribution is -2.29. The van der Waals surface area contributed by atoms with Gasteiger partial charge in [-0.05, 0) is 42.3 Å². The number of imidazole rings is 1. The van der Waals surface area contributed by atoms with Gasteiger partial charge in [-0.2, -0.15) is 9.37 Å². The predicted molar refractivity (Wildman–Crippen MR) is 147 cm³/mol. The molecule has 3 aromatic heterocycles. The normalized spacial score (nSPS) is 11.0. The summed E-state index contributed by atoms with van der Waals surface area (Å²) in [5.41, 5.74) is 8.21. The first-order chi connectivity index (χ1) is 19.9. The molecule has 3 heterocycles. The number of aromatic nitrogens is 5. The molecule has 0 unspecified atom stereocenters. The van der Waals surface area contributed by atoms with Crippen LogP contribution in [0.2, 0.25) is 0 Å². The highest BCUT2D eigenvalue weighted by atomic mass is 19.2. The zero-order valence-corrected chi connectivity index (χ0v) is 22.2. The third kappa shape index (κ3) is 5.61. The third-order valence-corrected chi connectivity index (χ3v) is 6.19. The minimum absolute atomic E-state index is 0.0350. The van der Waals surface area contributed by atoms with E-state index in [1.807, 2.05) is 13.0 Å². The highest BCUT2D eigenvalue weighted by Crippen LogP contribution is 2.33. The topological polar surface area (TPSA) is 142 Å². The first-order valence-electron chi connectivity index (χ1n) is 12.7. The lowest BCUT2D eigenvalue weighted by atomic mass is 10.0. The van der Waals surface area contributed by atoms with Gasteiger partial charge in [-0.15, -0.1) is 0 Å². The van der Waals surface area contributed by atoms with Gasteiger partial charge < -0.3 is 25.8 Å². The molecule has 4 N–H and O–H groups in total. The fourth-order valence-corrected chi connectivity index (χ4v) is 4.20. The fraction of sp³-hybridized carbons (Fsp3) is 0.179. The van der Waals surface area contributed by atoms with Crippen molar-refractivity contribution in [3.05, 3.63) is 83.9 Å². The molecule has 0 aliphatic rings. The lowest BCUT2D eigenvalue weighted by molar-refractivity contribution is 0.0954. The number of rotatable bonds is 10. The number of hydrogen-bond donors (Lipinski definition) is 3. The summed E-state index contributed by atoms with van der Waals surface area (Å²) in [6, 6.07) is 9.31. The Hall–Kier alpha value is -5.17. The van der Waals surface area contributed by atoms with Crippen molar-refractivity contribution in [2.24, 2.45) is 5.73 Å². The highest BCUT2D eigenvalue weighted by Gasteiger charge is 2.21. The Morgan fingerprint density at radius 1 is 1.07 bits per heavy atom. The third-order valence-electron chi connectivity index (χ3n) is 6.19. The standard InChI is InChI=1S/C28H26F2N8O3/c1-3-16-14-17(4-5-18(16)27(39)33-11-9-31)36-25-26-35-15-20(38(26)13-12-32-25)19-6-7-21(24(30)23(19)29)41-28-34-10-8-22(37-28)40-2/h4-8,10,12-15H,3,9,11,31H2,1-2H3,(H,32,36)(H,33,39). The van der Waals surface area contributed by atoms with Crippen LogP contribution in [-0.4, -0.2) is 50.4 Å². The number of ether oxygens (including phenoxy) is 2. The average molecular weight is 561 g/mol. The number of nitrogens with two attached hydrogens (primary N) is 1.